The van der Waals surface area contributed by atoms with Crippen LogP contribution in [0.2, 0.25) is 0 Å². The van der Waals surface area contributed by atoms with Gasteiger partial charge in [-0.15, -0.1) is 0 Å². The number of esters is 1. The minimum absolute atomic E-state index is 0.149. The third-order valence-electron chi connectivity index (χ3n) is 2.64. The van der Waals surface area contributed by atoms with Crippen LogP contribution in [0.3, 0.4) is 0 Å². The number of furan rings is 1. The summed E-state index contributed by atoms with van der Waals surface area (Å²) in [5, 5.41) is 8.58. The minimum Gasteiger partial charge on any atom is -0.486 e. The zero-order valence-electron chi connectivity index (χ0n) is 11.0. The molecule has 1 aromatic carbocycles. The van der Waals surface area contributed by atoms with E-state index in [-0.39, 0.29) is 12.4 Å². The highest BCUT2D eigenvalue weighted by atomic mass is 16.5. The van der Waals surface area contributed by atoms with E-state index in [0.29, 0.717) is 17.9 Å². The highest BCUT2D eigenvalue weighted by Gasteiger charge is 2.11. The Balaban J connectivity index is 1.93. The topological polar surface area (TPSA) is 72.5 Å². The lowest BCUT2D eigenvalue weighted by Crippen LogP contribution is -1.99. The van der Waals surface area contributed by atoms with Crippen LogP contribution in [-0.2, 0) is 17.8 Å². The van der Waals surface area contributed by atoms with Crippen LogP contribution < -0.4 is 4.74 Å². The van der Waals surface area contributed by atoms with E-state index in [1.807, 2.05) is 12.1 Å². The van der Waals surface area contributed by atoms with E-state index < -0.39 is 5.97 Å². The molecule has 20 heavy (non-hydrogen) atoms. The first-order valence-electron chi connectivity index (χ1n) is 5.98. The van der Waals surface area contributed by atoms with Gasteiger partial charge in [-0.25, -0.2) is 4.79 Å². The standard InChI is InChI=1S/C15H13NO4/c1-18-15(17)14-7-6-13(20-14)10-19-12-4-2-11(3-5-12)8-9-16/h2-7H,8,10H2,1H3. The predicted octanol–water partition coefficient (Wildman–Crippen LogP) is 2.71. The Morgan fingerprint density at radius 1 is 1.25 bits per heavy atom. The fourth-order valence-electron chi connectivity index (χ4n) is 1.62. The number of hydrogen-bond donors (Lipinski definition) is 0. The molecule has 102 valence electrons. The van der Waals surface area contributed by atoms with Gasteiger partial charge in [-0.1, -0.05) is 12.1 Å². The molecule has 0 aliphatic heterocycles. The molecule has 2 aromatic rings. The van der Waals surface area contributed by atoms with Crippen LogP contribution in [0.4, 0.5) is 0 Å². The molecule has 0 unspecified atom stereocenters. The second-order valence-electron chi connectivity index (χ2n) is 4.03. The quantitative estimate of drug-likeness (QED) is 0.782. The Labute approximate surface area is 116 Å². The van der Waals surface area contributed by atoms with E-state index in [0.717, 1.165) is 5.56 Å². The summed E-state index contributed by atoms with van der Waals surface area (Å²) < 4.78 is 15.3. The zero-order chi connectivity index (χ0) is 14.4. The summed E-state index contributed by atoms with van der Waals surface area (Å²) in [5.74, 6) is 0.835. The van der Waals surface area contributed by atoms with Gasteiger partial charge in [0.1, 0.15) is 18.1 Å². The van der Waals surface area contributed by atoms with Crippen molar-refractivity contribution < 1.29 is 18.7 Å². The number of benzene rings is 1. The molecule has 0 amide bonds. The normalized spacial score (nSPS) is 9.80. The highest BCUT2D eigenvalue weighted by molar-refractivity contribution is 5.86. The van der Waals surface area contributed by atoms with Gasteiger partial charge in [0.2, 0.25) is 5.76 Å². The number of nitrogens with zero attached hydrogens (tertiary/aromatic N) is 1. The van der Waals surface area contributed by atoms with E-state index in [1.54, 1.807) is 24.3 Å². The number of carbonyl (C=O) groups is 1. The first kappa shape index (κ1) is 13.7. The van der Waals surface area contributed by atoms with Crippen molar-refractivity contribution >= 4 is 5.97 Å². The summed E-state index contributed by atoms with van der Waals surface area (Å²) in [5.41, 5.74) is 0.936. The van der Waals surface area contributed by atoms with Crippen LogP contribution in [0.25, 0.3) is 0 Å². The molecule has 0 aliphatic carbocycles. The first-order chi connectivity index (χ1) is 9.72. The molecule has 0 spiro atoms. The van der Waals surface area contributed by atoms with Gasteiger partial charge in [0.05, 0.1) is 19.6 Å². The van der Waals surface area contributed by atoms with Crippen molar-refractivity contribution in [2.45, 2.75) is 13.0 Å². The zero-order valence-corrected chi connectivity index (χ0v) is 11.0. The van der Waals surface area contributed by atoms with Crippen LogP contribution in [0, 0.1) is 11.3 Å². The molecule has 0 bridgehead atoms. The van der Waals surface area contributed by atoms with Gasteiger partial charge in [0.15, 0.2) is 0 Å². The molecule has 0 saturated heterocycles. The van der Waals surface area contributed by atoms with Crippen molar-refractivity contribution in [2.75, 3.05) is 7.11 Å². The molecule has 1 aromatic heterocycles. The molecule has 0 saturated carbocycles. The third-order valence-corrected chi connectivity index (χ3v) is 2.64. The molecule has 5 nitrogen and oxygen atoms in total. The molecular formula is C15H13NO4. The lowest BCUT2D eigenvalue weighted by molar-refractivity contribution is 0.0561. The van der Waals surface area contributed by atoms with E-state index in [4.69, 9.17) is 14.4 Å². The fourth-order valence-corrected chi connectivity index (χ4v) is 1.62. The van der Waals surface area contributed by atoms with Crippen molar-refractivity contribution in [3.8, 4) is 11.8 Å². The summed E-state index contributed by atoms with van der Waals surface area (Å²) in [7, 11) is 1.30. The first-order valence-corrected chi connectivity index (χ1v) is 5.98. The smallest absolute Gasteiger partial charge is 0.373 e. The van der Waals surface area contributed by atoms with Crippen LogP contribution >= 0.6 is 0 Å². The van der Waals surface area contributed by atoms with Gasteiger partial charge in [0, 0.05) is 0 Å². The number of ether oxygens (including phenoxy) is 2. The number of hydrogen-bond acceptors (Lipinski definition) is 5. The Morgan fingerprint density at radius 2 is 2.00 bits per heavy atom. The monoisotopic (exact) mass is 271 g/mol. The molecule has 2 rings (SSSR count). The van der Waals surface area contributed by atoms with Gasteiger partial charge in [-0.3, -0.25) is 0 Å². The molecule has 0 aliphatic rings. The lowest BCUT2D eigenvalue weighted by atomic mass is 10.2. The number of nitriles is 1. The fraction of sp³-hybridized carbons (Fsp3) is 0.200. The molecule has 0 fully saturated rings. The van der Waals surface area contributed by atoms with Gasteiger partial charge < -0.3 is 13.9 Å². The van der Waals surface area contributed by atoms with Crippen molar-refractivity contribution in [3.05, 3.63) is 53.5 Å². The number of methoxy groups -OCH3 is 1. The molecule has 0 atom stereocenters. The van der Waals surface area contributed by atoms with E-state index in [9.17, 15) is 4.79 Å². The highest BCUT2D eigenvalue weighted by Crippen LogP contribution is 2.16. The molecule has 5 heteroatoms. The minimum atomic E-state index is -0.517. The van der Waals surface area contributed by atoms with Crippen molar-refractivity contribution in [1.82, 2.24) is 0 Å². The van der Waals surface area contributed by atoms with Gasteiger partial charge in [-0.05, 0) is 29.8 Å². The Morgan fingerprint density at radius 3 is 2.65 bits per heavy atom. The SMILES string of the molecule is COC(=O)c1ccc(COc2ccc(CC#N)cc2)o1. The Hall–Kier alpha value is -2.74. The number of rotatable bonds is 5. The van der Waals surface area contributed by atoms with Crippen molar-refractivity contribution in [1.29, 1.82) is 5.26 Å². The van der Waals surface area contributed by atoms with E-state index >= 15 is 0 Å². The Kier molecular flexibility index (Phi) is 4.40. The largest absolute Gasteiger partial charge is 0.486 e. The van der Waals surface area contributed by atoms with E-state index in [1.165, 1.54) is 7.11 Å². The van der Waals surface area contributed by atoms with Gasteiger partial charge in [-0.2, -0.15) is 5.26 Å². The molecule has 0 radical (unpaired) electrons. The summed E-state index contributed by atoms with van der Waals surface area (Å²) in [6.45, 7) is 0.217. The maximum Gasteiger partial charge on any atom is 0.373 e. The molecule has 1 heterocycles. The van der Waals surface area contributed by atoms with Crippen molar-refractivity contribution in [2.24, 2.45) is 0 Å². The maximum absolute atomic E-state index is 11.2. The molecular weight excluding hydrogens is 258 g/mol. The predicted molar refractivity (Wildman–Crippen MR) is 70.1 cm³/mol. The number of carbonyl (C=O) groups excluding carboxylic acids is 1. The van der Waals surface area contributed by atoms with E-state index in [2.05, 4.69) is 10.8 Å². The van der Waals surface area contributed by atoms with Crippen molar-refractivity contribution in [3.63, 3.8) is 0 Å². The molecule has 0 N–H and O–H groups in total. The van der Waals surface area contributed by atoms with Crippen LogP contribution in [0.5, 0.6) is 5.75 Å². The Bertz CT molecular complexity index is 622. The summed E-state index contributed by atoms with van der Waals surface area (Å²) >= 11 is 0. The second kappa shape index (κ2) is 6.43. The van der Waals surface area contributed by atoms with Crippen LogP contribution in [0.15, 0.2) is 40.8 Å². The summed E-state index contributed by atoms with van der Waals surface area (Å²) in [6.07, 6.45) is 0.376. The van der Waals surface area contributed by atoms with Crippen LogP contribution in [0.1, 0.15) is 21.9 Å². The average Bonchev–Trinajstić information content (AvgIpc) is 2.95. The summed E-state index contributed by atoms with van der Waals surface area (Å²) in [4.78, 5) is 11.2. The maximum atomic E-state index is 11.2. The van der Waals surface area contributed by atoms with Gasteiger partial charge in [0.25, 0.3) is 0 Å². The average molecular weight is 271 g/mol. The third kappa shape index (κ3) is 3.39. The van der Waals surface area contributed by atoms with Crippen LogP contribution in [-0.4, -0.2) is 13.1 Å². The summed E-state index contributed by atoms with van der Waals surface area (Å²) in [6, 6.07) is 12.5. The lowest BCUT2D eigenvalue weighted by Gasteiger charge is -2.04. The van der Waals surface area contributed by atoms with Gasteiger partial charge >= 0.3 is 5.97 Å². The second-order valence-corrected chi connectivity index (χ2v) is 4.03.